The van der Waals surface area contributed by atoms with Crippen LogP contribution in [0.1, 0.15) is 17.1 Å². The van der Waals surface area contributed by atoms with Crippen molar-refractivity contribution in [2.75, 3.05) is 5.32 Å². The molecule has 0 saturated heterocycles. The van der Waals surface area contributed by atoms with Crippen molar-refractivity contribution in [2.45, 2.75) is 20.4 Å². The topological polar surface area (TPSA) is 89.9 Å². The highest BCUT2D eigenvalue weighted by Gasteiger charge is 2.16. The van der Waals surface area contributed by atoms with Gasteiger partial charge in [0.15, 0.2) is 0 Å². The van der Waals surface area contributed by atoms with Crippen LogP contribution in [0, 0.1) is 13.8 Å². The van der Waals surface area contributed by atoms with E-state index in [1.165, 1.54) is 0 Å². The predicted molar refractivity (Wildman–Crippen MR) is 114 cm³/mol. The van der Waals surface area contributed by atoms with Gasteiger partial charge in [-0.05, 0) is 50.2 Å². The highest BCUT2D eigenvalue weighted by molar-refractivity contribution is 5.90. The maximum absolute atomic E-state index is 5.89. The Morgan fingerprint density at radius 3 is 2.53 bits per heavy atom. The van der Waals surface area contributed by atoms with E-state index in [1.54, 1.807) is 0 Å². The Labute approximate surface area is 172 Å². The molecule has 0 radical (unpaired) electrons. The highest BCUT2D eigenvalue weighted by atomic mass is 16.4. The molecule has 0 bridgehead atoms. The van der Waals surface area contributed by atoms with E-state index in [4.69, 9.17) is 8.83 Å². The lowest BCUT2D eigenvalue weighted by molar-refractivity contribution is 0.490. The first-order valence-corrected chi connectivity index (χ1v) is 9.62. The first-order chi connectivity index (χ1) is 14.7. The van der Waals surface area contributed by atoms with Crippen molar-refractivity contribution in [3.8, 4) is 23.2 Å². The normalized spacial score (nSPS) is 11.1. The molecule has 1 N–H and O–H groups in total. The van der Waals surface area contributed by atoms with E-state index >= 15 is 0 Å². The van der Waals surface area contributed by atoms with Crippen molar-refractivity contribution in [1.29, 1.82) is 0 Å². The van der Waals surface area contributed by atoms with Gasteiger partial charge in [-0.15, -0.1) is 10.2 Å². The Morgan fingerprint density at radius 2 is 1.70 bits per heavy atom. The molecule has 3 heterocycles. The molecule has 0 saturated carbocycles. The van der Waals surface area contributed by atoms with Crippen molar-refractivity contribution >= 4 is 16.7 Å². The number of hydrogen-bond donors (Lipinski definition) is 1. The maximum atomic E-state index is 5.89. The number of aromatic nitrogens is 4. The number of fused-ring (bicyclic) bond motifs is 1. The molecule has 0 aliphatic rings. The quantitative estimate of drug-likeness (QED) is 0.437. The Hall–Kier alpha value is -4.00. The molecule has 0 aliphatic carbocycles. The van der Waals surface area contributed by atoms with Gasteiger partial charge in [0, 0.05) is 10.9 Å². The fourth-order valence-electron chi connectivity index (χ4n) is 3.27. The molecule has 0 unspecified atom stereocenters. The van der Waals surface area contributed by atoms with Gasteiger partial charge in [-0.1, -0.05) is 29.8 Å². The molecule has 3 aromatic heterocycles. The Kier molecular flexibility index (Phi) is 4.48. The lowest BCUT2D eigenvalue weighted by Gasteiger charge is -2.08. The van der Waals surface area contributed by atoms with Gasteiger partial charge in [0.05, 0.1) is 12.1 Å². The van der Waals surface area contributed by atoms with Crippen LogP contribution in [0.3, 0.4) is 0 Å². The molecule has 7 heteroatoms. The van der Waals surface area contributed by atoms with Crippen LogP contribution in [0.15, 0.2) is 69.5 Å². The fourth-order valence-corrected chi connectivity index (χ4v) is 3.27. The second kappa shape index (κ2) is 7.44. The van der Waals surface area contributed by atoms with Gasteiger partial charge >= 0.3 is 0 Å². The smallest absolute Gasteiger partial charge is 0.286 e. The molecular weight excluding hydrogens is 378 g/mol. The number of benzene rings is 2. The summed E-state index contributed by atoms with van der Waals surface area (Å²) in [6.07, 6.45) is 0. The maximum Gasteiger partial charge on any atom is 0.286 e. The summed E-state index contributed by atoms with van der Waals surface area (Å²) in [4.78, 5) is 9.28. The van der Waals surface area contributed by atoms with Crippen LogP contribution in [0.5, 0.6) is 0 Å². The van der Waals surface area contributed by atoms with E-state index in [2.05, 4.69) is 25.5 Å². The standard InChI is InChI=1S/C23H19N5O2/c1-14-6-5-7-16(12-14)22-27-28-23(30-22)21-25-19-9-4-3-8-18(19)20(26-21)24-13-17-11-10-15(2)29-17/h3-12H,13H2,1-2H3,(H,24,25,26). The summed E-state index contributed by atoms with van der Waals surface area (Å²) in [6.45, 7) is 4.45. The van der Waals surface area contributed by atoms with Gasteiger partial charge in [0.25, 0.3) is 5.89 Å². The zero-order valence-electron chi connectivity index (χ0n) is 16.6. The van der Waals surface area contributed by atoms with Crippen LogP contribution in [-0.4, -0.2) is 20.2 Å². The molecule has 7 nitrogen and oxygen atoms in total. The van der Waals surface area contributed by atoms with Crippen LogP contribution in [0.2, 0.25) is 0 Å². The zero-order chi connectivity index (χ0) is 20.5. The van der Waals surface area contributed by atoms with Crippen molar-refractivity contribution in [2.24, 2.45) is 0 Å². The van der Waals surface area contributed by atoms with Gasteiger partial charge in [-0.25, -0.2) is 9.97 Å². The van der Waals surface area contributed by atoms with E-state index in [9.17, 15) is 0 Å². The summed E-state index contributed by atoms with van der Waals surface area (Å²) >= 11 is 0. The summed E-state index contributed by atoms with van der Waals surface area (Å²) in [5, 5.41) is 12.6. The lowest BCUT2D eigenvalue weighted by atomic mass is 10.1. The summed E-state index contributed by atoms with van der Waals surface area (Å²) in [7, 11) is 0. The molecule has 5 rings (SSSR count). The number of rotatable bonds is 5. The van der Waals surface area contributed by atoms with E-state index in [1.807, 2.05) is 74.5 Å². The molecule has 0 atom stereocenters. The number of hydrogen-bond acceptors (Lipinski definition) is 7. The van der Waals surface area contributed by atoms with Crippen LogP contribution < -0.4 is 5.32 Å². The third kappa shape index (κ3) is 3.53. The molecule has 0 amide bonds. The second-order valence-corrected chi connectivity index (χ2v) is 7.06. The molecule has 2 aromatic carbocycles. The SMILES string of the molecule is Cc1cccc(-c2nnc(-c3nc(NCc4ccc(C)o4)c4ccccc4n3)o2)c1. The first-order valence-electron chi connectivity index (χ1n) is 9.62. The van der Waals surface area contributed by atoms with Crippen LogP contribution in [-0.2, 0) is 6.54 Å². The Morgan fingerprint density at radius 1 is 0.833 bits per heavy atom. The minimum Gasteiger partial charge on any atom is -0.465 e. The van der Waals surface area contributed by atoms with E-state index in [-0.39, 0.29) is 5.89 Å². The third-order valence-electron chi connectivity index (χ3n) is 4.71. The Balaban J connectivity index is 1.52. The average molecular weight is 397 g/mol. The summed E-state index contributed by atoms with van der Waals surface area (Å²) in [5.41, 5.74) is 2.77. The summed E-state index contributed by atoms with van der Waals surface area (Å²) < 4.78 is 11.5. The second-order valence-electron chi connectivity index (χ2n) is 7.06. The summed E-state index contributed by atoms with van der Waals surface area (Å²) in [5.74, 6) is 3.46. The number of furan rings is 1. The van der Waals surface area contributed by atoms with Gasteiger partial charge in [-0.3, -0.25) is 0 Å². The van der Waals surface area contributed by atoms with Gasteiger partial charge in [0.1, 0.15) is 17.3 Å². The average Bonchev–Trinajstić information content (AvgIpc) is 3.41. The predicted octanol–water partition coefficient (Wildman–Crippen LogP) is 5.17. The monoisotopic (exact) mass is 397 g/mol. The summed E-state index contributed by atoms with van der Waals surface area (Å²) in [6, 6.07) is 19.6. The zero-order valence-corrected chi connectivity index (χ0v) is 16.6. The molecule has 5 aromatic rings. The number of para-hydroxylation sites is 1. The first kappa shape index (κ1) is 18.1. The molecule has 0 aliphatic heterocycles. The van der Waals surface area contributed by atoms with E-state index in [0.29, 0.717) is 24.1 Å². The molecule has 148 valence electrons. The number of anilines is 1. The van der Waals surface area contributed by atoms with Crippen LogP contribution in [0.25, 0.3) is 34.1 Å². The Bertz CT molecular complexity index is 1340. The number of nitrogens with one attached hydrogen (secondary N) is 1. The van der Waals surface area contributed by atoms with Crippen molar-refractivity contribution in [3.05, 3.63) is 77.7 Å². The number of aryl methyl sites for hydroxylation is 2. The number of nitrogens with zero attached hydrogens (tertiary/aromatic N) is 4. The van der Waals surface area contributed by atoms with E-state index < -0.39 is 0 Å². The lowest BCUT2D eigenvalue weighted by Crippen LogP contribution is -2.03. The minimum absolute atomic E-state index is 0.272. The third-order valence-corrected chi connectivity index (χ3v) is 4.71. The van der Waals surface area contributed by atoms with Crippen LogP contribution in [0.4, 0.5) is 5.82 Å². The van der Waals surface area contributed by atoms with Crippen molar-refractivity contribution < 1.29 is 8.83 Å². The molecular formula is C23H19N5O2. The fraction of sp³-hybridized carbons (Fsp3) is 0.130. The van der Waals surface area contributed by atoms with Crippen LogP contribution >= 0.6 is 0 Å². The minimum atomic E-state index is 0.272. The van der Waals surface area contributed by atoms with Gasteiger partial charge in [-0.2, -0.15) is 0 Å². The molecule has 0 spiro atoms. The molecule has 30 heavy (non-hydrogen) atoms. The molecule has 0 fully saturated rings. The largest absolute Gasteiger partial charge is 0.465 e. The van der Waals surface area contributed by atoms with E-state index in [0.717, 1.165) is 33.6 Å². The van der Waals surface area contributed by atoms with Crippen molar-refractivity contribution in [3.63, 3.8) is 0 Å². The van der Waals surface area contributed by atoms with Crippen molar-refractivity contribution in [1.82, 2.24) is 20.2 Å². The van der Waals surface area contributed by atoms with Gasteiger partial charge in [0.2, 0.25) is 11.7 Å². The highest BCUT2D eigenvalue weighted by Crippen LogP contribution is 2.27. The van der Waals surface area contributed by atoms with Gasteiger partial charge < -0.3 is 14.2 Å².